The molecule has 5 heteroatoms. The summed E-state index contributed by atoms with van der Waals surface area (Å²) in [5.41, 5.74) is 6.35. The Balaban J connectivity index is 1.95. The maximum atomic E-state index is 14.0. The minimum Gasteiger partial charge on any atom is -0.368 e. The molecule has 0 aliphatic carbocycles. The zero-order valence-corrected chi connectivity index (χ0v) is 16.1. The van der Waals surface area contributed by atoms with Crippen LogP contribution in [0.5, 0.6) is 0 Å². The van der Waals surface area contributed by atoms with Crippen LogP contribution in [0, 0.1) is 5.82 Å². The molecule has 0 aliphatic heterocycles. The van der Waals surface area contributed by atoms with Crippen molar-refractivity contribution in [3.8, 4) is 0 Å². The SMILES string of the molecule is CC(C(=O)N[C@@H](Cc1ccccc1F)C(N)=O)(c1ccccc1)c1ccccc1. The first-order valence-corrected chi connectivity index (χ1v) is 9.37. The number of benzene rings is 3. The molecular formula is C24H23FN2O2. The second-order valence-electron chi connectivity index (χ2n) is 7.08. The van der Waals surface area contributed by atoms with Gasteiger partial charge in [-0.15, -0.1) is 0 Å². The Hall–Kier alpha value is -3.47. The zero-order chi connectivity index (χ0) is 20.9. The molecule has 3 aromatic rings. The number of nitrogens with one attached hydrogen (secondary N) is 1. The Morgan fingerprint density at radius 1 is 0.897 bits per heavy atom. The molecule has 4 nitrogen and oxygen atoms in total. The van der Waals surface area contributed by atoms with E-state index in [0.717, 1.165) is 11.1 Å². The van der Waals surface area contributed by atoms with Gasteiger partial charge in [-0.05, 0) is 29.7 Å². The summed E-state index contributed by atoms with van der Waals surface area (Å²) in [7, 11) is 0. The van der Waals surface area contributed by atoms with Crippen molar-refractivity contribution in [2.24, 2.45) is 5.73 Å². The summed E-state index contributed by atoms with van der Waals surface area (Å²) in [6.45, 7) is 1.80. The molecule has 3 N–H and O–H groups in total. The second kappa shape index (κ2) is 8.69. The molecule has 29 heavy (non-hydrogen) atoms. The second-order valence-corrected chi connectivity index (χ2v) is 7.08. The largest absolute Gasteiger partial charge is 0.368 e. The molecule has 2 amide bonds. The van der Waals surface area contributed by atoms with Crippen molar-refractivity contribution >= 4 is 11.8 Å². The third kappa shape index (κ3) is 4.35. The minimum atomic E-state index is -1.05. The lowest BCUT2D eigenvalue weighted by Gasteiger charge is -2.31. The van der Waals surface area contributed by atoms with Gasteiger partial charge in [0.15, 0.2) is 0 Å². The normalized spacial score (nSPS) is 12.2. The summed E-state index contributed by atoms with van der Waals surface area (Å²) in [6, 6.07) is 23.7. The summed E-state index contributed by atoms with van der Waals surface area (Å²) >= 11 is 0. The Bertz CT molecular complexity index is 951. The van der Waals surface area contributed by atoms with Gasteiger partial charge in [0, 0.05) is 6.42 Å². The van der Waals surface area contributed by atoms with E-state index in [-0.39, 0.29) is 12.3 Å². The van der Waals surface area contributed by atoms with Crippen LogP contribution < -0.4 is 11.1 Å². The Morgan fingerprint density at radius 3 is 1.86 bits per heavy atom. The predicted octanol–water partition coefficient (Wildman–Crippen LogP) is 3.34. The van der Waals surface area contributed by atoms with E-state index in [9.17, 15) is 14.0 Å². The fourth-order valence-electron chi connectivity index (χ4n) is 3.38. The van der Waals surface area contributed by atoms with Crippen LogP contribution in [-0.4, -0.2) is 17.9 Å². The van der Waals surface area contributed by atoms with Gasteiger partial charge in [0.05, 0.1) is 5.41 Å². The van der Waals surface area contributed by atoms with Crippen molar-refractivity contribution in [3.63, 3.8) is 0 Å². The number of nitrogens with two attached hydrogens (primary N) is 1. The fourth-order valence-corrected chi connectivity index (χ4v) is 3.38. The molecular weight excluding hydrogens is 367 g/mol. The predicted molar refractivity (Wildman–Crippen MR) is 111 cm³/mol. The van der Waals surface area contributed by atoms with Crippen LogP contribution in [-0.2, 0) is 21.4 Å². The van der Waals surface area contributed by atoms with Crippen LogP contribution in [0.4, 0.5) is 4.39 Å². The van der Waals surface area contributed by atoms with Crippen molar-refractivity contribution in [2.45, 2.75) is 24.8 Å². The van der Waals surface area contributed by atoms with Gasteiger partial charge in [-0.3, -0.25) is 9.59 Å². The molecule has 0 bridgehead atoms. The van der Waals surface area contributed by atoms with Crippen LogP contribution in [0.3, 0.4) is 0 Å². The average Bonchev–Trinajstić information content (AvgIpc) is 2.75. The third-order valence-electron chi connectivity index (χ3n) is 5.19. The summed E-state index contributed by atoms with van der Waals surface area (Å²) < 4.78 is 14.0. The van der Waals surface area contributed by atoms with Crippen LogP contribution in [0.2, 0.25) is 0 Å². The third-order valence-corrected chi connectivity index (χ3v) is 5.19. The number of amides is 2. The maximum Gasteiger partial charge on any atom is 0.240 e. The molecule has 0 saturated heterocycles. The molecule has 0 radical (unpaired) electrons. The molecule has 0 heterocycles. The fraction of sp³-hybridized carbons (Fsp3) is 0.167. The van der Waals surface area contributed by atoms with Crippen LogP contribution in [0.1, 0.15) is 23.6 Å². The first kappa shape index (κ1) is 20.3. The summed E-state index contributed by atoms with van der Waals surface area (Å²) in [5.74, 6) is -1.54. The van der Waals surface area contributed by atoms with E-state index in [1.54, 1.807) is 25.1 Å². The van der Waals surface area contributed by atoms with E-state index in [0.29, 0.717) is 5.56 Å². The molecule has 0 unspecified atom stereocenters. The van der Waals surface area contributed by atoms with Gasteiger partial charge < -0.3 is 11.1 Å². The minimum absolute atomic E-state index is 0.0204. The summed E-state index contributed by atoms with van der Waals surface area (Å²) in [6.07, 6.45) is -0.0204. The van der Waals surface area contributed by atoms with Crippen molar-refractivity contribution in [1.29, 1.82) is 0 Å². The van der Waals surface area contributed by atoms with E-state index in [2.05, 4.69) is 5.32 Å². The zero-order valence-electron chi connectivity index (χ0n) is 16.1. The average molecular weight is 390 g/mol. The first-order chi connectivity index (χ1) is 13.9. The van der Waals surface area contributed by atoms with Crippen molar-refractivity contribution < 1.29 is 14.0 Å². The quantitative estimate of drug-likeness (QED) is 0.649. The van der Waals surface area contributed by atoms with Crippen molar-refractivity contribution in [3.05, 3.63) is 107 Å². The van der Waals surface area contributed by atoms with Crippen LogP contribution in [0.25, 0.3) is 0 Å². The number of hydrogen-bond donors (Lipinski definition) is 2. The summed E-state index contributed by atoms with van der Waals surface area (Å²) in [4.78, 5) is 25.5. The van der Waals surface area contributed by atoms with Gasteiger partial charge in [0.25, 0.3) is 0 Å². The molecule has 148 valence electrons. The number of carbonyl (C=O) groups is 2. The lowest BCUT2D eigenvalue weighted by molar-refractivity contribution is -0.129. The molecule has 0 aliphatic rings. The van der Waals surface area contributed by atoms with Gasteiger partial charge in [-0.25, -0.2) is 4.39 Å². The van der Waals surface area contributed by atoms with Gasteiger partial charge in [0.1, 0.15) is 11.9 Å². The van der Waals surface area contributed by atoms with E-state index in [1.165, 1.54) is 6.07 Å². The van der Waals surface area contributed by atoms with Crippen molar-refractivity contribution in [2.75, 3.05) is 0 Å². The maximum absolute atomic E-state index is 14.0. The van der Waals surface area contributed by atoms with E-state index in [1.807, 2.05) is 60.7 Å². The number of halogens is 1. The number of hydrogen-bond acceptors (Lipinski definition) is 2. The monoisotopic (exact) mass is 390 g/mol. The van der Waals surface area contributed by atoms with Crippen LogP contribution in [0.15, 0.2) is 84.9 Å². The lowest BCUT2D eigenvalue weighted by atomic mass is 9.75. The number of carbonyl (C=O) groups excluding carboxylic acids is 2. The van der Waals surface area contributed by atoms with Gasteiger partial charge in [-0.1, -0.05) is 78.9 Å². The van der Waals surface area contributed by atoms with Crippen molar-refractivity contribution in [1.82, 2.24) is 5.32 Å². The molecule has 0 aromatic heterocycles. The smallest absolute Gasteiger partial charge is 0.240 e. The highest BCUT2D eigenvalue weighted by molar-refractivity contribution is 5.95. The van der Waals surface area contributed by atoms with Gasteiger partial charge >= 0.3 is 0 Å². The Kier molecular flexibility index (Phi) is 6.07. The highest BCUT2D eigenvalue weighted by Gasteiger charge is 2.38. The molecule has 0 spiro atoms. The lowest BCUT2D eigenvalue weighted by Crippen LogP contribution is -2.52. The highest BCUT2D eigenvalue weighted by atomic mass is 19.1. The van der Waals surface area contributed by atoms with E-state index in [4.69, 9.17) is 5.73 Å². The molecule has 3 aromatic carbocycles. The van der Waals surface area contributed by atoms with E-state index >= 15 is 0 Å². The molecule has 0 saturated carbocycles. The Labute approximate surface area is 169 Å². The molecule has 3 rings (SSSR count). The van der Waals surface area contributed by atoms with Gasteiger partial charge in [0.2, 0.25) is 11.8 Å². The van der Waals surface area contributed by atoms with E-state index < -0.39 is 23.2 Å². The topological polar surface area (TPSA) is 72.2 Å². The summed E-state index contributed by atoms with van der Waals surface area (Å²) in [5, 5.41) is 2.75. The Morgan fingerprint density at radius 2 is 1.38 bits per heavy atom. The number of rotatable bonds is 7. The molecule has 1 atom stereocenters. The molecule has 0 fully saturated rings. The number of primary amides is 1. The van der Waals surface area contributed by atoms with Gasteiger partial charge in [-0.2, -0.15) is 0 Å². The first-order valence-electron chi connectivity index (χ1n) is 9.37. The standard InChI is InChI=1S/C24H23FN2O2/c1-24(18-11-4-2-5-12-18,19-13-6-3-7-14-19)23(29)27-21(22(26)28)16-17-10-8-9-15-20(17)25/h2-15,21H,16H2,1H3,(H2,26,28)(H,27,29)/t21-/m0/s1. The highest BCUT2D eigenvalue weighted by Crippen LogP contribution is 2.32. The van der Waals surface area contributed by atoms with Crippen LogP contribution >= 0.6 is 0 Å².